The predicted molar refractivity (Wildman–Crippen MR) is 53.7 cm³/mol. The molecular formula is C11H15NO2. The zero-order chi connectivity index (χ0) is 10.4. The van der Waals surface area contributed by atoms with E-state index in [4.69, 9.17) is 0 Å². The Hall–Kier alpha value is -1.22. The maximum atomic E-state index is 11.2. The Morgan fingerprint density at radius 2 is 2.36 bits per heavy atom. The van der Waals surface area contributed by atoms with Crippen molar-refractivity contribution < 1.29 is 9.90 Å². The number of carbonyl (C=O) groups excluding carboxylic acids is 1. The van der Waals surface area contributed by atoms with Crippen LogP contribution in [0, 0.1) is 0 Å². The molecule has 0 aromatic carbocycles. The molecular weight excluding hydrogens is 178 g/mol. The second-order valence-electron chi connectivity index (χ2n) is 3.26. The lowest BCUT2D eigenvalue weighted by Gasteiger charge is -2.07. The third-order valence-corrected chi connectivity index (χ3v) is 1.98. The van der Waals surface area contributed by atoms with Gasteiger partial charge in [0.05, 0.1) is 5.69 Å². The van der Waals surface area contributed by atoms with E-state index in [0.717, 1.165) is 6.42 Å². The van der Waals surface area contributed by atoms with Crippen molar-refractivity contribution in [1.82, 2.24) is 4.98 Å². The number of carbonyl (C=O) groups is 1. The number of pyridine rings is 1. The summed E-state index contributed by atoms with van der Waals surface area (Å²) in [6.07, 6.45) is 2.39. The second-order valence-corrected chi connectivity index (χ2v) is 3.26. The minimum atomic E-state index is -0.754. The van der Waals surface area contributed by atoms with Gasteiger partial charge in [0.25, 0.3) is 0 Å². The lowest BCUT2D eigenvalue weighted by molar-refractivity contribution is -0.121. The van der Waals surface area contributed by atoms with E-state index in [1.807, 2.05) is 6.92 Å². The van der Waals surface area contributed by atoms with Crippen LogP contribution in [0.5, 0.6) is 0 Å². The van der Waals surface area contributed by atoms with Gasteiger partial charge in [0.2, 0.25) is 0 Å². The van der Waals surface area contributed by atoms with Crippen LogP contribution in [0.15, 0.2) is 24.4 Å². The summed E-state index contributed by atoms with van der Waals surface area (Å²) in [6, 6.07) is 5.31. The van der Waals surface area contributed by atoms with E-state index in [-0.39, 0.29) is 12.2 Å². The monoisotopic (exact) mass is 193 g/mol. The van der Waals surface area contributed by atoms with Gasteiger partial charge in [-0.2, -0.15) is 0 Å². The maximum absolute atomic E-state index is 11.2. The highest BCUT2D eigenvalue weighted by Gasteiger charge is 2.12. The molecule has 0 saturated heterocycles. The molecule has 3 nitrogen and oxygen atoms in total. The first-order chi connectivity index (χ1) is 6.74. The fraction of sp³-hybridized carbons (Fsp3) is 0.455. The van der Waals surface area contributed by atoms with Crippen LogP contribution >= 0.6 is 0 Å². The second kappa shape index (κ2) is 5.50. The molecule has 0 aliphatic carbocycles. The fourth-order valence-electron chi connectivity index (χ4n) is 1.27. The van der Waals surface area contributed by atoms with Crippen molar-refractivity contribution in [1.29, 1.82) is 0 Å². The number of rotatable bonds is 5. The van der Waals surface area contributed by atoms with Crippen LogP contribution in [0.2, 0.25) is 0 Å². The van der Waals surface area contributed by atoms with Gasteiger partial charge < -0.3 is 5.11 Å². The third kappa shape index (κ3) is 3.26. The highest BCUT2D eigenvalue weighted by molar-refractivity contribution is 5.78. The molecule has 1 heterocycles. The Morgan fingerprint density at radius 1 is 1.57 bits per heavy atom. The molecule has 1 rings (SSSR count). The van der Waals surface area contributed by atoms with E-state index in [0.29, 0.717) is 12.1 Å². The van der Waals surface area contributed by atoms with Gasteiger partial charge in [0, 0.05) is 19.0 Å². The molecule has 0 aliphatic rings. The maximum Gasteiger partial charge on any atom is 0.135 e. The van der Waals surface area contributed by atoms with Gasteiger partial charge in [-0.1, -0.05) is 13.0 Å². The third-order valence-electron chi connectivity index (χ3n) is 1.98. The normalized spacial score (nSPS) is 12.4. The minimum absolute atomic E-state index is 0.0886. The van der Waals surface area contributed by atoms with Gasteiger partial charge in [0.15, 0.2) is 0 Å². The van der Waals surface area contributed by atoms with Crippen LogP contribution < -0.4 is 0 Å². The molecule has 1 unspecified atom stereocenters. The van der Waals surface area contributed by atoms with Gasteiger partial charge in [-0.3, -0.25) is 9.78 Å². The molecule has 1 atom stereocenters. The number of hydrogen-bond acceptors (Lipinski definition) is 3. The number of aliphatic hydroxyl groups excluding tert-OH is 1. The van der Waals surface area contributed by atoms with E-state index >= 15 is 0 Å². The van der Waals surface area contributed by atoms with E-state index in [9.17, 15) is 9.90 Å². The smallest absolute Gasteiger partial charge is 0.135 e. The van der Waals surface area contributed by atoms with Crippen molar-refractivity contribution in [2.24, 2.45) is 0 Å². The highest BCUT2D eigenvalue weighted by atomic mass is 16.3. The minimum Gasteiger partial charge on any atom is -0.386 e. The first-order valence-electron chi connectivity index (χ1n) is 4.84. The molecule has 0 radical (unpaired) electrons. The summed E-state index contributed by atoms with van der Waals surface area (Å²) in [5, 5.41) is 9.63. The summed E-state index contributed by atoms with van der Waals surface area (Å²) < 4.78 is 0. The molecule has 1 N–H and O–H groups in total. The molecule has 76 valence electrons. The molecule has 0 fully saturated rings. The fourth-order valence-corrected chi connectivity index (χ4v) is 1.27. The zero-order valence-corrected chi connectivity index (χ0v) is 8.31. The number of nitrogens with zero attached hydrogens (tertiary/aromatic N) is 1. The molecule has 0 bridgehead atoms. The van der Waals surface area contributed by atoms with Crippen LogP contribution in [0.1, 0.15) is 38.0 Å². The lowest BCUT2D eigenvalue weighted by Crippen LogP contribution is -2.07. The standard InChI is InChI=1S/C11H15NO2/c1-2-5-9(13)8-11(14)10-6-3-4-7-12-10/h3-4,6-7,11,14H,2,5,8H2,1H3. The first kappa shape index (κ1) is 10.9. The summed E-state index contributed by atoms with van der Waals surface area (Å²) >= 11 is 0. The van der Waals surface area contributed by atoms with Crippen molar-refractivity contribution >= 4 is 5.78 Å². The summed E-state index contributed by atoms with van der Waals surface area (Å²) in [5.41, 5.74) is 0.567. The molecule has 1 aromatic rings. The number of hydrogen-bond donors (Lipinski definition) is 1. The number of ketones is 1. The van der Waals surface area contributed by atoms with E-state index in [1.54, 1.807) is 24.4 Å². The summed E-state index contributed by atoms with van der Waals surface area (Å²) in [6.45, 7) is 1.95. The van der Waals surface area contributed by atoms with Crippen LogP contribution in [0.25, 0.3) is 0 Å². The van der Waals surface area contributed by atoms with Crippen molar-refractivity contribution in [3.05, 3.63) is 30.1 Å². The SMILES string of the molecule is CCCC(=O)CC(O)c1ccccn1. The molecule has 0 amide bonds. The first-order valence-corrected chi connectivity index (χ1v) is 4.84. The molecule has 1 aromatic heterocycles. The van der Waals surface area contributed by atoms with E-state index < -0.39 is 6.10 Å². The number of aliphatic hydroxyl groups is 1. The summed E-state index contributed by atoms with van der Waals surface area (Å²) in [5.74, 6) is 0.0886. The van der Waals surface area contributed by atoms with Crippen molar-refractivity contribution in [2.75, 3.05) is 0 Å². The van der Waals surface area contributed by atoms with Crippen molar-refractivity contribution in [3.8, 4) is 0 Å². The molecule has 3 heteroatoms. The van der Waals surface area contributed by atoms with E-state index in [2.05, 4.69) is 4.98 Å². The van der Waals surface area contributed by atoms with E-state index in [1.165, 1.54) is 0 Å². The van der Waals surface area contributed by atoms with Crippen LogP contribution in [-0.2, 0) is 4.79 Å². The van der Waals surface area contributed by atoms with Crippen LogP contribution in [0.4, 0.5) is 0 Å². The van der Waals surface area contributed by atoms with Crippen molar-refractivity contribution in [2.45, 2.75) is 32.3 Å². The van der Waals surface area contributed by atoms with Crippen LogP contribution in [0.3, 0.4) is 0 Å². The lowest BCUT2D eigenvalue weighted by atomic mass is 10.1. The number of aromatic nitrogens is 1. The highest BCUT2D eigenvalue weighted by Crippen LogP contribution is 2.14. The largest absolute Gasteiger partial charge is 0.386 e. The predicted octanol–water partition coefficient (Wildman–Crippen LogP) is 1.87. The van der Waals surface area contributed by atoms with Crippen molar-refractivity contribution in [3.63, 3.8) is 0 Å². The average Bonchev–Trinajstić information content (AvgIpc) is 2.19. The molecule has 14 heavy (non-hydrogen) atoms. The molecule has 0 spiro atoms. The summed E-state index contributed by atoms with van der Waals surface area (Å²) in [4.78, 5) is 15.2. The van der Waals surface area contributed by atoms with Crippen LogP contribution in [-0.4, -0.2) is 15.9 Å². The Kier molecular flexibility index (Phi) is 4.26. The topological polar surface area (TPSA) is 50.2 Å². The summed E-state index contributed by atoms with van der Waals surface area (Å²) in [7, 11) is 0. The Balaban J connectivity index is 2.50. The molecule has 0 aliphatic heterocycles. The average molecular weight is 193 g/mol. The van der Waals surface area contributed by atoms with Gasteiger partial charge >= 0.3 is 0 Å². The van der Waals surface area contributed by atoms with Gasteiger partial charge in [-0.05, 0) is 18.6 Å². The Labute approximate surface area is 83.8 Å². The van der Waals surface area contributed by atoms with Gasteiger partial charge in [-0.15, -0.1) is 0 Å². The Morgan fingerprint density at radius 3 is 2.93 bits per heavy atom. The quantitative estimate of drug-likeness (QED) is 0.776. The van der Waals surface area contributed by atoms with Gasteiger partial charge in [-0.25, -0.2) is 0 Å². The Bertz CT molecular complexity index is 285. The molecule has 0 saturated carbocycles. The zero-order valence-electron chi connectivity index (χ0n) is 8.31. The van der Waals surface area contributed by atoms with Gasteiger partial charge in [0.1, 0.15) is 11.9 Å². The number of Topliss-reactive ketones (excluding diaryl/α,β-unsaturated/α-hetero) is 1.